The van der Waals surface area contributed by atoms with E-state index in [9.17, 15) is 14.4 Å². The van der Waals surface area contributed by atoms with Crippen LogP contribution in [-0.2, 0) is 30.4 Å². The lowest BCUT2D eigenvalue weighted by atomic mass is 10.1. The van der Waals surface area contributed by atoms with Gasteiger partial charge in [0, 0.05) is 6.92 Å². The minimum absolute atomic E-state index is 0.124. The van der Waals surface area contributed by atoms with Crippen LogP contribution >= 0.6 is 0 Å². The molecule has 0 aliphatic rings. The highest BCUT2D eigenvalue weighted by atomic mass is 16.6. The molecule has 0 unspecified atom stereocenters. The fourth-order valence-electron chi connectivity index (χ4n) is 2.24. The van der Waals surface area contributed by atoms with Gasteiger partial charge in [0.15, 0.2) is 0 Å². The minimum atomic E-state index is -0.814. The zero-order valence-electron chi connectivity index (χ0n) is 14.8. The van der Waals surface area contributed by atoms with E-state index in [1.807, 2.05) is 37.3 Å². The number of hydrogen-bond acceptors (Lipinski definition) is 6. The first kappa shape index (κ1) is 20.5. The van der Waals surface area contributed by atoms with Gasteiger partial charge in [-0.1, -0.05) is 37.3 Å². The molecular formula is C18H25NO6. The normalized spacial score (nSPS) is 12.6. The molecule has 138 valence electrons. The molecule has 0 spiro atoms. The molecule has 7 heteroatoms. The second-order valence-corrected chi connectivity index (χ2v) is 5.38. The van der Waals surface area contributed by atoms with Crippen molar-refractivity contribution in [3.63, 3.8) is 0 Å². The van der Waals surface area contributed by atoms with Gasteiger partial charge in [0.25, 0.3) is 0 Å². The minimum Gasteiger partial charge on any atom is -0.466 e. The van der Waals surface area contributed by atoms with Crippen molar-refractivity contribution in [1.82, 2.24) is 5.32 Å². The summed E-state index contributed by atoms with van der Waals surface area (Å²) in [5.41, 5.74) is 0.855. The number of benzene rings is 1. The van der Waals surface area contributed by atoms with E-state index in [0.717, 1.165) is 5.56 Å². The molecule has 0 aliphatic carbocycles. The van der Waals surface area contributed by atoms with Gasteiger partial charge < -0.3 is 19.5 Å². The summed E-state index contributed by atoms with van der Waals surface area (Å²) in [6.45, 7) is 5.10. The van der Waals surface area contributed by atoms with Crippen molar-refractivity contribution in [3.8, 4) is 0 Å². The standard InChI is InChI=1S/C18H25NO6/c1-4-15(16(25-13(3)20)11-17(21)23-5-2)19-18(22)24-12-14-9-7-6-8-10-14/h6-10,15-16H,4-5,11-12H2,1-3H3,(H,19,22)/t15-,16-/m0/s1. The molecular weight excluding hydrogens is 326 g/mol. The summed E-state index contributed by atoms with van der Waals surface area (Å²) in [4.78, 5) is 35.0. The number of esters is 2. The third kappa shape index (κ3) is 8.19. The Morgan fingerprint density at radius 1 is 1.08 bits per heavy atom. The molecule has 0 bridgehead atoms. The monoisotopic (exact) mass is 351 g/mol. The molecule has 25 heavy (non-hydrogen) atoms. The van der Waals surface area contributed by atoms with Crippen LogP contribution in [0.15, 0.2) is 30.3 Å². The van der Waals surface area contributed by atoms with E-state index in [-0.39, 0.29) is 19.6 Å². The number of nitrogens with one attached hydrogen (secondary N) is 1. The molecule has 1 aromatic carbocycles. The van der Waals surface area contributed by atoms with Gasteiger partial charge in [-0.05, 0) is 18.9 Å². The van der Waals surface area contributed by atoms with Gasteiger partial charge in [-0.25, -0.2) is 4.79 Å². The summed E-state index contributed by atoms with van der Waals surface area (Å²) in [5.74, 6) is -1.03. The summed E-state index contributed by atoms with van der Waals surface area (Å²) < 4.78 is 15.2. The van der Waals surface area contributed by atoms with Crippen molar-refractivity contribution in [2.75, 3.05) is 6.61 Å². The largest absolute Gasteiger partial charge is 0.466 e. The highest BCUT2D eigenvalue weighted by Crippen LogP contribution is 2.11. The second-order valence-electron chi connectivity index (χ2n) is 5.38. The Morgan fingerprint density at radius 3 is 2.32 bits per heavy atom. The van der Waals surface area contributed by atoms with Gasteiger partial charge in [-0.3, -0.25) is 9.59 Å². The Morgan fingerprint density at radius 2 is 1.76 bits per heavy atom. The lowest BCUT2D eigenvalue weighted by molar-refractivity contribution is -0.154. The molecule has 0 aliphatic heterocycles. The van der Waals surface area contributed by atoms with Crippen molar-refractivity contribution < 1.29 is 28.6 Å². The maximum Gasteiger partial charge on any atom is 0.407 e. The third-order valence-corrected chi connectivity index (χ3v) is 3.40. The van der Waals surface area contributed by atoms with Crippen LogP contribution in [0, 0.1) is 0 Å². The van der Waals surface area contributed by atoms with E-state index in [1.165, 1.54) is 6.92 Å². The summed E-state index contributed by atoms with van der Waals surface area (Å²) >= 11 is 0. The molecule has 0 saturated heterocycles. The van der Waals surface area contributed by atoms with Crippen LogP contribution in [0.25, 0.3) is 0 Å². The third-order valence-electron chi connectivity index (χ3n) is 3.40. The molecule has 1 rings (SSSR count). The Labute approximate surface area is 147 Å². The number of carbonyl (C=O) groups is 3. The maximum atomic E-state index is 12.0. The molecule has 0 fully saturated rings. The Hall–Kier alpha value is -2.57. The molecule has 0 saturated carbocycles. The second kappa shape index (κ2) is 11.1. The van der Waals surface area contributed by atoms with Gasteiger partial charge >= 0.3 is 18.0 Å². The van der Waals surface area contributed by atoms with Gasteiger partial charge in [0.2, 0.25) is 0 Å². The van der Waals surface area contributed by atoms with Crippen LogP contribution in [0.4, 0.5) is 4.79 Å². The highest BCUT2D eigenvalue weighted by molar-refractivity contribution is 5.72. The Balaban J connectivity index is 2.62. The first-order valence-corrected chi connectivity index (χ1v) is 8.26. The van der Waals surface area contributed by atoms with E-state index in [4.69, 9.17) is 14.2 Å². The average Bonchev–Trinajstić information content (AvgIpc) is 2.58. The maximum absolute atomic E-state index is 12.0. The molecule has 0 heterocycles. The van der Waals surface area contributed by atoms with Gasteiger partial charge in [-0.15, -0.1) is 0 Å². The fraction of sp³-hybridized carbons (Fsp3) is 0.500. The summed E-state index contributed by atoms with van der Waals surface area (Å²) in [5, 5.41) is 2.64. The van der Waals surface area contributed by atoms with Crippen LogP contribution in [0.2, 0.25) is 0 Å². The van der Waals surface area contributed by atoms with E-state index in [2.05, 4.69) is 5.32 Å². The van der Waals surface area contributed by atoms with Crippen molar-refractivity contribution in [3.05, 3.63) is 35.9 Å². The number of hydrogen-bond donors (Lipinski definition) is 1. The number of ether oxygens (including phenoxy) is 3. The molecule has 1 aromatic rings. The lowest BCUT2D eigenvalue weighted by Gasteiger charge is -2.25. The van der Waals surface area contributed by atoms with E-state index in [0.29, 0.717) is 6.42 Å². The fourth-order valence-corrected chi connectivity index (χ4v) is 2.24. The van der Waals surface area contributed by atoms with Crippen molar-refractivity contribution in [1.29, 1.82) is 0 Å². The van der Waals surface area contributed by atoms with Crippen LogP contribution in [0.3, 0.4) is 0 Å². The molecule has 1 N–H and O–H groups in total. The molecule has 0 aromatic heterocycles. The van der Waals surface area contributed by atoms with Gasteiger partial charge in [0.1, 0.15) is 12.7 Å². The van der Waals surface area contributed by atoms with E-state index in [1.54, 1.807) is 6.92 Å². The predicted octanol–water partition coefficient (Wildman–Crippen LogP) is 2.58. The van der Waals surface area contributed by atoms with Crippen molar-refractivity contribution in [2.45, 2.75) is 52.4 Å². The summed E-state index contributed by atoms with van der Waals surface area (Å²) in [6.07, 6.45) is -1.13. The average molecular weight is 351 g/mol. The van der Waals surface area contributed by atoms with Crippen LogP contribution < -0.4 is 5.32 Å². The first-order valence-electron chi connectivity index (χ1n) is 8.26. The number of alkyl carbamates (subject to hydrolysis) is 1. The topological polar surface area (TPSA) is 90.9 Å². The first-order chi connectivity index (χ1) is 12.0. The van der Waals surface area contributed by atoms with Gasteiger partial charge in [0.05, 0.1) is 19.1 Å². The Kier molecular flexibility index (Phi) is 9.06. The van der Waals surface area contributed by atoms with Crippen molar-refractivity contribution in [2.24, 2.45) is 0 Å². The summed E-state index contributed by atoms with van der Waals surface area (Å²) in [7, 11) is 0. The van der Waals surface area contributed by atoms with Crippen LogP contribution in [0.5, 0.6) is 0 Å². The van der Waals surface area contributed by atoms with E-state index >= 15 is 0 Å². The quantitative estimate of drug-likeness (QED) is 0.543. The molecule has 2 atom stereocenters. The smallest absolute Gasteiger partial charge is 0.407 e. The van der Waals surface area contributed by atoms with Gasteiger partial charge in [-0.2, -0.15) is 0 Å². The van der Waals surface area contributed by atoms with E-state index < -0.39 is 30.2 Å². The molecule has 7 nitrogen and oxygen atoms in total. The SMILES string of the molecule is CCOC(=O)C[C@H](OC(C)=O)[C@H](CC)NC(=O)OCc1ccccc1. The zero-order valence-corrected chi connectivity index (χ0v) is 14.8. The number of amides is 1. The molecule has 1 amide bonds. The predicted molar refractivity (Wildman–Crippen MR) is 90.6 cm³/mol. The van der Waals surface area contributed by atoms with Crippen LogP contribution in [0.1, 0.15) is 39.2 Å². The zero-order chi connectivity index (χ0) is 18.7. The Bertz CT molecular complexity index is 560. The summed E-state index contributed by atoms with van der Waals surface area (Å²) in [6, 6.07) is 8.69. The van der Waals surface area contributed by atoms with Crippen molar-refractivity contribution >= 4 is 18.0 Å². The number of rotatable bonds is 9. The van der Waals surface area contributed by atoms with Crippen LogP contribution in [-0.4, -0.2) is 36.8 Å². The lowest BCUT2D eigenvalue weighted by Crippen LogP contribution is -2.46. The molecule has 0 radical (unpaired) electrons. The number of carbonyl (C=O) groups excluding carboxylic acids is 3. The highest BCUT2D eigenvalue weighted by Gasteiger charge is 2.28.